The molecule has 1 heterocycles. The van der Waals surface area contributed by atoms with E-state index in [4.69, 9.17) is 11.6 Å². The number of amides is 1. The summed E-state index contributed by atoms with van der Waals surface area (Å²) in [7, 11) is 0. The Balaban J connectivity index is 1.80. The number of hydrogen-bond acceptors (Lipinski definition) is 2. The SMILES string of the molecule is Cc1cc(/C=N/NC(=O)c2ccc(Cl)cc2)c(C)n1-c1ccccc1Br. The Hall–Kier alpha value is -2.37. The number of benzene rings is 2. The van der Waals surface area contributed by atoms with Crippen LogP contribution in [0.5, 0.6) is 0 Å². The lowest BCUT2D eigenvalue weighted by Crippen LogP contribution is -2.17. The van der Waals surface area contributed by atoms with E-state index in [1.807, 2.05) is 44.2 Å². The van der Waals surface area contributed by atoms with E-state index in [-0.39, 0.29) is 5.91 Å². The maximum absolute atomic E-state index is 12.1. The third-order valence-corrected chi connectivity index (χ3v) is 4.96. The van der Waals surface area contributed by atoms with Crippen molar-refractivity contribution >= 4 is 39.7 Å². The van der Waals surface area contributed by atoms with Crippen LogP contribution in [0.3, 0.4) is 0 Å². The molecular formula is C20H17BrClN3O. The van der Waals surface area contributed by atoms with Crippen molar-refractivity contribution in [2.75, 3.05) is 0 Å². The van der Waals surface area contributed by atoms with Crippen molar-refractivity contribution in [3.05, 3.63) is 86.6 Å². The lowest BCUT2D eigenvalue weighted by Gasteiger charge is -2.11. The van der Waals surface area contributed by atoms with Crippen molar-refractivity contribution < 1.29 is 4.79 Å². The summed E-state index contributed by atoms with van der Waals surface area (Å²) in [5.41, 5.74) is 7.17. The molecule has 1 N–H and O–H groups in total. The zero-order valence-corrected chi connectivity index (χ0v) is 16.7. The third kappa shape index (κ3) is 3.89. The minimum atomic E-state index is -0.280. The number of nitrogens with zero attached hydrogens (tertiary/aromatic N) is 2. The topological polar surface area (TPSA) is 46.4 Å². The van der Waals surface area contributed by atoms with E-state index in [0.29, 0.717) is 10.6 Å². The van der Waals surface area contributed by atoms with Gasteiger partial charge in [-0.2, -0.15) is 5.10 Å². The molecule has 0 aliphatic carbocycles. The fourth-order valence-electron chi connectivity index (χ4n) is 2.75. The number of hydrogen-bond donors (Lipinski definition) is 1. The average molecular weight is 431 g/mol. The Morgan fingerprint density at radius 1 is 1.15 bits per heavy atom. The van der Waals surface area contributed by atoms with Crippen molar-refractivity contribution in [1.29, 1.82) is 0 Å². The second kappa shape index (κ2) is 7.89. The number of aromatic nitrogens is 1. The minimum Gasteiger partial charge on any atom is -0.317 e. The molecule has 0 bridgehead atoms. The lowest BCUT2D eigenvalue weighted by atomic mass is 10.2. The Morgan fingerprint density at radius 2 is 1.85 bits per heavy atom. The number of carbonyl (C=O) groups is 1. The molecule has 0 aliphatic rings. The number of halogens is 2. The molecule has 132 valence electrons. The molecule has 0 radical (unpaired) electrons. The zero-order chi connectivity index (χ0) is 18.7. The Labute approximate surface area is 165 Å². The predicted octanol–water partition coefficient (Wildman–Crippen LogP) is 5.27. The number of para-hydroxylation sites is 1. The van der Waals surface area contributed by atoms with Gasteiger partial charge in [-0.1, -0.05) is 23.7 Å². The van der Waals surface area contributed by atoms with Gasteiger partial charge < -0.3 is 4.57 Å². The highest BCUT2D eigenvalue weighted by Crippen LogP contribution is 2.26. The van der Waals surface area contributed by atoms with Crippen LogP contribution >= 0.6 is 27.5 Å². The summed E-state index contributed by atoms with van der Waals surface area (Å²) in [6.07, 6.45) is 1.66. The molecule has 3 aromatic rings. The highest BCUT2D eigenvalue weighted by atomic mass is 79.9. The lowest BCUT2D eigenvalue weighted by molar-refractivity contribution is 0.0955. The smallest absolute Gasteiger partial charge is 0.271 e. The molecular weight excluding hydrogens is 414 g/mol. The second-order valence-electron chi connectivity index (χ2n) is 5.82. The molecule has 6 heteroatoms. The number of nitrogens with one attached hydrogen (secondary N) is 1. The van der Waals surface area contributed by atoms with Crippen molar-refractivity contribution in [3.8, 4) is 5.69 Å². The largest absolute Gasteiger partial charge is 0.317 e. The molecule has 3 rings (SSSR count). The molecule has 1 aromatic heterocycles. The van der Waals surface area contributed by atoms with Gasteiger partial charge in [-0.3, -0.25) is 4.79 Å². The van der Waals surface area contributed by atoms with Crippen LogP contribution in [0.2, 0.25) is 5.02 Å². The van der Waals surface area contributed by atoms with E-state index in [1.54, 1.807) is 30.5 Å². The van der Waals surface area contributed by atoms with E-state index < -0.39 is 0 Å². The van der Waals surface area contributed by atoms with Crippen LogP contribution < -0.4 is 5.43 Å². The minimum absolute atomic E-state index is 0.280. The Bertz CT molecular complexity index is 977. The molecule has 4 nitrogen and oxygen atoms in total. The average Bonchev–Trinajstić information content (AvgIpc) is 2.90. The van der Waals surface area contributed by atoms with E-state index in [1.165, 1.54) is 0 Å². The number of carbonyl (C=O) groups excluding carboxylic acids is 1. The molecule has 0 fully saturated rings. The molecule has 0 atom stereocenters. The van der Waals surface area contributed by atoms with Gasteiger partial charge in [-0.25, -0.2) is 5.43 Å². The third-order valence-electron chi connectivity index (χ3n) is 4.04. The maximum Gasteiger partial charge on any atom is 0.271 e. The molecule has 0 spiro atoms. The van der Waals surface area contributed by atoms with Gasteiger partial charge in [-0.05, 0) is 72.2 Å². The van der Waals surface area contributed by atoms with Gasteiger partial charge in [0.05, 0.1) is 11.9 Å². The number of hydrazone groups is 1. The van der Waals surface area contributed by atoms with Gasteiger partial charge in [0.25, 0.3) is 5.91 Å². The highest BCUT2D eigenvalue weighted by Gasteiger charge is 2.11. The quantitative estimate of drug-likeness (QED) is 0.444. The molecule has 0 aliphatic heterocycles. The van der Waals surface area contributed by atoms with Crippen LogP contribution in [0.4, 0.5) is 0 Å². The van der Waals surface area contributed by atoms with Crippen molar-refractivity contribution in [2.45, 2.75) is 13.8 Å². The first-order chi connectivity index (χ1) is 12.5. The molecule has 1 amide bonds. The number of aryl methyl sites for hydroxylation is 1. The van der Waals surface area contributed by atoms with E-state index in [0.717, 1.165) is 27.1 Å². The standard InChI is InChI=1S/C20H17BrClN3O/c1-13-11-16(14(2)25(13)19-6-4-3-5-18(19)21)12-23-24-20(26)15-7-9-17(22)10-8-15/h3-12H,1-2H3,(H,24,26)/b23-12+. The fourth-order valence-corrected chi connectivity index (χ4v) is 3.34. The summed E-state index contributed by atoms with van der Waals surface area (Å²) in [6.45, 7) is 4.06. The van der Waals surface area contributed by atoms with Crippen molar-refractivity contribution in [3.63, 3.8) is 0 Å². The zero-order valence-electron chi connectivity index (χ0n) is 14.3. The first kappa shape index (κ1) is 18.4. The Kier molecular flexibility index (Phi) is 5.59. The van der Waals surface area contributed by atoms with Crippen LogP contribution in [-0.4, -0.2) is 16.7 Å². The van der Waals surface area contributed by atoms with E-state index in [9.17, 15) is 4.79 Å². The monoisotopic (exact) mass is 429 g/mol. The van der Waals surface area contributed by atoms with Gasteiger partial charge in [0.1, 0.15) is 0 Å². The van der Waals surface area contributed by atoms with Gasteiger partial charge in [-0.15, -0.1) is 0 Å². The summed E-state index contributed by atoms with van der Waals surface area (Å²) in [4.78, 5) is 12.1. The highest BCUT2D eigenvalue weighted by molar-refractivity contribution is 9.10. The van der Waals surface area contributed by atoms with Crippen molar-refractivity contribution in [1.82, 2.24) is 9.99 Å². The van der Waals surface area contributed by atoms with Crippen molar-refractivity contribution in [2.24, 2.45) is 5.10 Å². The first-order valence-corrected chi connectivity index (χ1v) is 9.17. The van der Waals surface area contributed by atoms with Gasteiger partial charge in [0.15, 0.2) is 0 Å². The van der Waals surface area contributed by atoms with E-state index in [2.05, 4.69) is 31.0 Å². The van der Waals surface area contributed by atoms with Gasteiger partial charge in [0, 0.05) is 32.0 Å². The molecule has 26 heavy (non-hydrogen) atoms. The van der Waals surface area contributed by atoms with Crippen LogP contribution in [0.25, 0.3) is 5.69 Å². The van der Waals surface area contributed by atoms with E-state index >= 15 is 0 Å². The summed E-state index contributed by atoms with van der Waals surface area (Å²) < 4.78 is 3.16. The second-order valence-corrected chi connectivity index (χ2v) is 7.11. The van der Waals surface area contributed by atoms with Gasteiger partial charge in [0.2, 0.25) is 0 Å². The number of rotatable bonds is 4. The summed E-state index contributed by atoms with van der Waals surface area (Å²) >= 11 is 9.42. The molecule has 2 aromatic carbocycles. The maximum atomic E-state index is 12.1. The normalized spacial score (nSPS) is 11.1. The van der Waals surface area contributed by atoms with Crippen LogP contribution in [0.1, 0.15) is 27.3 Å². The predicted molar refractivity (Wildman–Crippen MR) is 109 cm³/mol. The first-order valence-electron chi connectivity index (χ1n) is 8.00. The summed E-state index contributed by atoms with van der Waals surface area (Å²) in [6, 6.07) is 16.7. The molecule has 0 saturated carbocycles. The van der Waals surface area contributed by atoms with Crippen LogP contribution in [0, 0.1) is 13.8 Å². The van der Waals surface area contributed by atoms with Gasteiger partial charge >= 0.3 is 0 Å². The summed E-state index contributed by atoms with van der Waals surface area (Å²) in [5.74, 6) is -0.280. The van der Waals surface area contributed by atoms with Crippen LogP contribution in [-0.2, 0) is 0 Å². The fraction of sp³-hybridized carbons (Fsp3) is 0.100. The summed E-state index contributed by atoms with van der Waals surface area (Å²) in [5, 5.41) is 4.68. The molecule has 0 unspecified atom stereocenters. The van der Waals surface area contributed by atoms with Crippen LogP contribution in [0.15, 0.2) is 64.2 Å². The molecule has 0 saturated heterocycles. The Morgan fingerprint density at radius 3 is 2.54 bits per heavy atom.